The van der Waals surface area contributed by atoms with Gasteiger partial charge in [0.15, 0.2) is 0 Å². The number of aromatic nitrogens is 2. The highest BCUT2D eigenvalue weighted by Crippen LogP contribution is 2.15. The van der Waals surface area contributed by atoms with E-state index in [0.29, 0.717) is 13.6 Å². The molecule has 0 saturated heterocycles. The maximum absolute atomic E-state index is 12.3. The van der Waals surface area contributed by atoms with Crippen LogP contribution in [0.3, 0.4) is 0 Å². The van der Waals surface area contributed by atoms with Gasteiger partial charge in [-0.2, -0.15) is 3.97 Å². The SMILES string of the molecule is COCC(=O)n1ccn(S(=O)(=O)c2ccc(Cl)cc2)c1=O. The van der Waals surface area contributed by atoms with E-state index >= 15 is 0 Å². The molecule has 0 amide bonds. The number of carbonyl (C=O) groups excluding carboxylic acids is 1. The predicted octanol–water partition coefficient (Wildman–Crippen LogP) is 0.827. The van der Waals surface area contributed by atoms with Crippen LogP contribution in [0.25, 0.3) is 0 Å². The second-order valence-corrected chi connectivity index (χ2v) is 6.28. The first-order valence-corrected chi connectivity index (χ1v) is 7.53. The number of rotatable bonds is 4. The molecule has 1 aromatic carbocycles. The average Bonchev–Trinajstić information content (AvgIpc) is 2.82. The zero-order valence-corrected chi connectivity index (χ0v) is 12.5. The van der Waals surface area contributed by atoms with Crippen LogP contribution in [0.5, 0.6) is 0 Å². The number of methoxy groups -OCH3 is 1. The van der Waals surface area contributed by atoms with Gasteiger partial charge in [0.25, 0.3) is 15.9 Å². The van der Waals surface area contributed by atoms with Crippen LogP contribution in [-0.2, 0) is 14.8 Å². The van der Waals surface area contributed by atoms with Gasteiger partial charge in [-0.05, 0) is 24.3 Å². The molecule has 9 heteroatoms. The highest BCUT2D eigenvalue weighted by Gasteiger charge is 2.22. The topological polar surface area (TPSA) is 87.4 Å². The molecule has 1 aromatic heterocycles. The van der Waals surface area contributed by atoms with Gasteiger partial charge in [-0.1, -0.05) is 11.6 Å². The summed E-state index contributed by atoms with van der Waals surface area (Å²) in [6, 6.07) is 5.34. The number of ether oxygens (including phenoxy) is 1. The van der Waals surface area contributed by atoms with Crippen molar-refractivity contribution in [1.82, 2.24) is 8.54 Å². The molecule has 0 bridgehead atoms. The quantitative estimate of drug-likeness (QED) is 0.828. The predicted molar refractivity (Wildman–Crippen MR) is 75.2 cm³/mol. The summed E-state index contributed by atoms with van der Waals surface area (Å²) in [7, 11) is -2.79. The standard InChI is InChI=1S/C12H11ClN2O5S/c1-20-8-11(16)14-6-7-15(12(14)17)21(18,19)10-4-2-9(13)3-5-10/h2-7H,8H2,1H3. The van der Waals surface area contributed by atoms with Gasteiger partial charge in [0, 0.05) is 24.5 Å². The van der Waals surface area contributed by atoms with E-state index in [1.165, 1.54) is 31.4 Å². The van der Waals surface area contributed by atoms with Crippen molar-refractivity contribution in [3.63, 3.8) is 0 Å². The van der Waals surface area contributed by atoms with Gasteiger partial charge in [-0.15, -0.1) is 0 Å². The molecule has 0 saturated carbocycles. The Labute approximate surface area is 125 Å². The molecule has 0 spiro atoms. The van der Waals surface area contributed by atoms with Crippen LogP contribution in [0.4, 0.5) is 0 Å². The summed E-state index contributed by atoms with van der Waals surface area (Å²) >= 11 is 5.69. The number of halogens is 1. The zero-order chi connectivity index (χ0) is 15.6. The van der Waals surface area contributed by atoms with Crippen LogP contribution in [0.1, 0.15) is 4.79 Å². The third-order valence-corrected chi connectivity index (χ3v) is 4.57. The molecule has 112 valence electrons. The van der Waals surface area contributed by atoms with Gasteiger partial charge < -0.3 is 4.74 Å². The summed E-state index contributed by atoms with van der Waals surface area (Å²) in [6.45, 7) is -0.328. The van der Waals surface area contributed by atoms with Crippen molar-refractivity contribution in [2.24, 2.45) is 0 Å². The van der Waals surface area contributed by atoms with Crippen LogP contribution in [-0.4, -0.2) is 36.6 Å². The maximum Gasteiger partial charge on any atom is 0.349 e. The normalized spacial score (nSPS) is 11.5. The molecule has 2 rings (SSSR count). The van der Waals surface area contributed by atoms with Crippen molar-refractivity contribution in [2.45, 2.75) is 4.90 Å². The fraction of sp³-hybridized carbons (Fsp3) is 0.167. The smallest absolute Gasteiger partial charge is 0.349 e. The van der Waals surface area contributed by atoms with Crippen molar-refractivity contribution in [3.05, 3.63) is 52.2 Å². The van der Waals surface area contributed by atoms with E-state index in [-0.39, 0.29) is 11.5 Å². The molecule has 0 aliphatic heterocycles. The molecule has 0 radical (unpaired) electrons. The van der Waals surface area contributed by atoms with Crippen molar-refractivity contribution < 1.29 is 17.9 Å². The number of carbonyl (C=O) groups is 1. The van der Waals surface area contributed by atoms with Crippen LogP contribution in [0, 0.1) is 0 Å². The molecule has 0 aliphatic rings. The molecule has 0 fully saturated rings. The number of benzene rings is 1. The Kier molecular flexibility index (Phi) is 4.31. The maximum atomic E-state index is 12.3. The van der Waals surface area contributed by atoms with Crippen LogP contribution in [0.2, 0.25) is 5.02 Å². The third kappa shape index (κ3) is 2.92. The number of nitrogens with zero attached hydrogens (tertiary/aromatic N) is 2. The number of hydrogen-bond acceptors (Lipinski definition) is 5. The van der Waals surface area contributed by atoms with E-state index in [1.54, 1.807) is 0 Å². The Morgan fingerprint density at radius 1 is 1.24 bits per heavy atom. The second-order valence-electron chi connectivity index (χ2n) is 4.03. The van der Waals surface area contributed by atoms with Crippen LogP contribution in [0.15, 0.2) is 46.3 Å². The summed E-state index contributed by atoms with van der Waals surface area (Å²) < 4.78 is 30.4. The molecule has 0 aliphatic carbocycles. The lowest BCUT2D eigenvalue weighted by atomic mass is 10.4. The van der Waals surface area contributed by atoms with Gasteiger partial charge in [0.1, 0.15) is 6.61 Å². The van der Waals surface area contributed by atoms with Crippen molar-refractivity contribution in [1.29, 1.82) is 0 Å². The Morgan fingerprint density at radius 3 is 2.43 bits per heavy atom. The summed E-state index contributed by atoms with van der Waals surface area (Å²) in [6.07, 6.45) is 2.09. The molecular weight excluding hydrogens is 320 g/mol. The van der Waals surface area contributed by atoms with Crippen LogP contribution >= 0.6 is 11.6 Å². The third-order valence-electron chi connectivity index (χ3n) is 2.65. The average molecular weight is 331 g/mol. The van der Waals surface area contributed by atoms with Crippen molar-refractivity contribution in [2.75, 3.05) is 13.7 Å². The minimum Gasteiger partial charge on any atom is -0.375 e. The molecule has 0 unspecified atom stereocenters. The number of hydrogen-bond donors (Lipinski definition) is 0. The fourth-order valence-corrected chi connectivity index (χ4v) is 2.99. The molecule has 7 nitrogen and oxygen atoms in total. The summed E-state index contributed by atoms with van der Waals surface area (Å²) in [5.74, 6) is -0.660. The minimum absolute atomic E-state index is 0.106. The zero-order valence-electron chi connectivity index (χ0n) is 10.9. The largest absolute Gasteiger partial charge is 0.375 e. The minimum atomic E-state index is -4.08. The Morgan fingerprint density at radius 2 is 1.86 bits per heavy atom. The fourth-order valence-electron chi connectivity index (χ4n) is 1.65. The van der Waals surface area contributed by atoms with Gasteiger partial charge in [0.05, 0.1) is 4.90 Å². The van der Waals surface area contributed by atoms with E-state index in [1.807, 2.05) is 0 Å². The molecule has 0 N–H and O–H groups in total. The monoisotopic (exact) mass is 330 g/mol. The van der Waals surface area contributed by atoms with E-state index in [2.05, 4.69) is 4.74 Å². The van der Waals surface area contributed by atoms with Gasteiger partial charge in [0.2, 0.25) is 0 Å². The Balaban J connectivity index is 2.49. The first-order valence-electron chi connectivity index (χ1n) is 5.71. The highest BCUT2D eigenvalue weighted by atomic mass is 35.5. The molecule has 2 aromatic rings. The first-order chi connectivity index (χ1) is 9.87. The molecule has 0 atom stereocenters. The van der Waals surface area contributed by atoms with E-state index in [0.717, 1.165) is 12.4 Å². The summed E-state index contributed by atoms with van der Waals surface area (Å²) in [4.78, 5) is 23.5. The van der Waals surface area contributed by atoms with E-state index < -0.39 is 21.6 Å². The van der Waals surface area contributed by atoms with Gasteiger partial charge in [-0.3, -0.25) is 4.79 Å². The lowest BCUT2D eigenvalue weighted by Gasteiger charge is -2.04. The van der Waals surface area contributed by atoms with Gasteiger partial charge >= 0.3 is 5.69 Å². The Hall–Kier alpha value is -1.90. The lowest BCUT2D eigenvalue weighted by molar-refractivity contribution is 0.0757. The molecular formula is C12H11ClN2O5S. The summed E-state index contributed by atoms with van der Waals surface area (Å²) in [5.41, 5.74) is -0.980. The molecule has 21 heavy (non-hydrogen) atoms. The second kappa shape index (κ2) is 5.84. The summed E-state index contributed by atoms with van der Waals surface area (Å²) in [5, 5.41) is 0.370. The van der Waals surface area contributed by atoms with E-state index in [9.17, 15) is 18.0 Å². The van der Waals surface area contributed by atoms with Crippen molar-refractivity contribution >= 4 is 27.5 Å². The lowest BCUT2D eigenvalue weighted by Crippen LogP contribution is -2.33. The molecule has 1 heterocycles. The van der Waals surface area contributed by atoms with Crippen LogP contribution < -0.4 is 5.69 Å². The Bertz CT molecular complexity index is 820. The van der Waals surface area contributed by atoms with Gasteiger partial charge in [-0.25, -0.2) is 17.8 Å². The van der Waals surface area contributed by atoms with E-state index in [4.69, 9.17) is 11.6 Å². The van der Waals surface area contributed by atoms with Crippen molar-refractivity contribution in [3.8, 4) is 0 Å². The first kappa shape index (κ1) is 15.5. The number of imidazole rings is 1. The highest BCUT2D eigenvalue weighted by molar-refractivity contribution is 7.90.